The molecule has 136 valence electrons. The average Bonchev–Trinajstić information content (AvgIpc) is 3.02. The molecule has 1 amide bonds. The lowest BCUT2D eigenvalue weighted by molar-refractivity contribution is -0.176. The largest absolute Gasteiger partial charge is 0.350 e. The molecule has 0 atom stereocenters. The molecular weight excluding hydrogens is 324 g/mol. The summed E-state index contributed by atoms with van der Waals surface area (Å²) in [7, 11) is 0. The van der Waals surface area contributed by atoms with E-state index in [1.807, 2.05) is 36.4 Å². The van der Waals surface area contributed by atoms with Gasteiger partial charge in [-0.05, 0) is 55.4 Å². The zero-order valence-corrected chi connectivity index (χ0v) is 15.0. The lowest BCUT2D eigenvalue weighted by Gasteiger charge is -2.68. The second kappa shape index (κ2) is 5.68. The van der Waals surface area contributed by atoms with Crippen molar-refractivity contribution in [3.63, 3.8) is 0 Å². The van der Waals surface area contributed by atoms with Crippen molar-refractivity contribution < 1.29 is 4.79 Å². The Morgan fingerprint density at radius 2 is 1.85 bits per heavy atom. The number of rotatable bonds is 4. The van der Waals surface area contributed by atoms with Crippen LogP contribution in [0.15, 0.2) is 36.4 Å². The Labute approximate surface area is 153 Å². The number of benzene rings is 1. The number of nitrogens with one attached hydrogen (secondary N) is 2. The van der Waals surface area contributed by atoms with Gasteiger partial charge in [-0.2, -0.15) is 5.10 Å². The third-order valence-corrected chi connectivity index (χ3v) is 6.77. The van der Waals surface area contributed by atoms with Gasteiger partial charge < -0.3 is 11.1 Å². The van der Waals surface area contributed by atoms with E-state index >= 15 is 0 Å². The van der Waals surface area contributed by atoms with E-state index in [-0.39, 0.29) is 11.8 Å². The smallest absolute Gasteiger partial charge is 0.223 e. The third-order valence-electron chi connectivity index (χ3n) is 6.77. The number of nitrogens with zero attached hydrogens (tertiary/aromatic N) is 1. The topological polar surface area (TPSA) is 83.8 Å². The Hall–Kier alpha value is -2.14. The highest BCUT2D eigenvalue weighted by Crippen LogP contribution is 2.71. The molecule has 0 radical (unpaired) electrons. The molecule has 4 N–H and O–H groups in total. The highest BCUT2D eigenvalue weighted by Gasteiger charge is 2.64. The fraction of sp³-hybridized carbons (Fsp3) is 0.524. The molecule has 5 heteroatoms. The zero-order valence-electron chi connectivity index (χ0n) is 15.0. The van der Waals surface area contributed by atoms with Crippen molar-refractivity contribution in [2.45, 2.75) is 51.1 Å². The quantitative estimate of drug-likeness (QED) is 0.792. The molecule has 0 bridgehead atoms. The van der Waals surface area contributed by atoms with Gasteiger partial charge in [-0.25, -0.2) is 0 Å². The maximum Gasteiger partial charge on any atom is 0.223 e. The molecule has 5 rings (SSSR count). The molecule has 0 aliphatic heterocycles. The molecule has 3 fully saturated rings. The highest BCUT2D eigenvalue weighted by atomic mass is 16.1. The molecule has 2 aromatic rings. The van der Waals surface area contributed by atoms with Gasteiger partial charge in [0.1, 0.15) is 0 Å². The molecule has 26 heavy (non-hydrogen) atoms. The summed E-state index contributed by atoms with van der Waals surface area (Å²) in [4.78, 5) is 12.4. The molecule has 3 saturated carbocycles. The molecule has 3 aliphatic carbocycles. The first-order chi connectivity index (χ1) is 12.5. The number of H-pyrrole nitrogens is 1. The first kappa shape index (κ1) is 16.1. The average molecular weight is 350 g/mol. The molecule has 5 nitrogen and oxygen atoms in total. The molecular formula is C21H26N4O. The van der Waals surface area contributed by atoms with Crippen LogP contribution in [0.25, 0.3) is 11.3 Å². The number of amides is 1. The first-order valence-electron chi connectivity index (χ1n) is 9.68. The van der Waals surface area contributed by atoms with Gasteiger partial charge in [0.05, 0.1) is 17.9 Å². The monoisotopic (exact) mass is 350 g/mol. The number of aromatic amines is 1. The summed E-state index contributed by atoms with van der Waals surface area (Å²) in [6.07, 6.45) is 7.14. The van der Waals surface area contributed by atoms with Crippen molar-refractivity contribution in [2.75, 3.05) is 0 Å². The summed E-state index contributed by atoms with van der Waals surface area (Å²) in [5.41, 5.74) is 9.91. The molecule has 0 unspecified atom stereocenters. The van der Waals surface area contributed by atoms with Crippen LogP contribution in [0.1, 0.15) is 44.2 Å². The maximum absolute atomic E-state index is 12.4. The van der Waals surface area contributed by atoms with E-state index in [9.17, 15) is 4.79 Å². The van der Waals surface area contributed by atoms with Crippen LogP contribution in [-0.2, 0) is 11.3 Å². The Bertz CT molecular complexity index is 806. The second-order valence-electron chi connectivity index (χ2n) is 8.99. The van der Waals surface area contributed by atoms with E-state index in [0.29, 0.717) is 23.4 Å². The van der Waals surface area contributed by atoms with Crippen molar-refractivity contribution >= 4 is 5.91 Å². The summed E-state index contributed by atoms with van der Waals surface area (Å²) in [6.45, 7) is 0.515. The van der Waals surface area contributed by atoms with E-state index in [2.05, 4.69) is 15.5 Å². The molecule has 1 heterocycles. The van der Waals surface area contributed by atoms with Crippen LogP contribution in [0.3, 0.4) is 0 Å². The van der Waals surface area contributed by atoms with Crippen molar-refractivity contribution in [3.05, 3.63) is 42.1 Å². The van der Waals surface area contributed by atoms with Gasteiger partial charge in [0.2, 0.25) is 5.91 Å². The number of nitrogens with two attached hydrogens (primary N) is 1. The highest BCUT2D eigenvalue weighted by molar-refractivity contribution is 5.80. The molecule has 1 aromatic heterocycles. The van der Waals surface area contributed by atoms with Crippen LogP contribution in [-0.4, -0.2) is 22.1 Å². The maximum atomic E-state index is 12.4. The van der Waals surface area contributed by atoms with Crippen molar-refractivity contribution in [1.82, 2.24) is 15.5 Å². The number of hydrogen-bond donors (Lipinski definition) is 3. The minimum Gasteiger partial charge on any atom is -0.350 e. The van der Waals surface area contributed by atoms with Gasteiger partial charge in [0.25, 0.3) is 0 Å². The Morgan fingerprint density at radius 1 is 1.15 bits per heavy atom. The van der Waals surface area contributed by atoms with Crippen LogP contribution < -0.4 is 11.1 Å². The Morgan fingerprint density at radius 3 is 2.54 bits per heavy atom. The normalized spacial score (nSPS) is 34.8. The fourth-order valence-corrected chi connectivity index (χ4v) is 5.88. The van der Waals surface area contributed by atoms with Crippen molar-refractivity contribution in [3.8, 4) is 11.3 Å². The SMILES string of the molecule is NC1CC2(C1)CC1(CC(C(=O)NCc3cc(-c4ccccc4)n[nH]3)C1)C2. The van der Waals surface area contributed by atoms with Gasteiger partial charge in [-0.1, -0.05) is 30.3 Å². The Kier molecular flexibility index (Phi) is 3.51. The van der Waals surface area contributed by atoms with Gasteiger partial charge in [-0.3, -0.25) is 9.89 Å². The molecule has 3 aliphatic rings. The van der Waals surface area contributed by atoms with E-state index in [0.717, 1.165) is 29.8 Å². The van der Waals surface area contributed by atoms with Gasteiger partial charge >= 0.3 is 0 Å². The summed E-state index contributed by atoms with van der Waals surface area (Å²) in [5.74, 6) is 0.385. The van der Waals surface area contributed by atoms with Crippen LogP contribution >= 0.6 is 0 Å². The lowest BCUT2D eigenvalue weighted by Crippen LogP contribution is -2.62. The zero-order chi connectivity index (χ0) is 17.8. The second-order valence-corrected chi connectivity index (χ2v) is 8.99. The third kappa shape index (κ3) is 2.65. The predicted molar refractivity (Wildman–Crippen MR) is 99.9 cm³/mol. The Balaban J connectivity index is 1.10. The number of carbonyl (C=O) groups excluding carboxylic acids is 1. The van der Waals surface area contributed by atoms with Crippen molar-refractivity contribution in [2.24, 2.45) is 22.5 Å². The summed E-state index contributed by atoms with van der Waals surface area (Å²) in [6, 6.07) is 12.5. The van der Waals surface area contributed by atoms with Crippen LogP contribution in [0.2, 0.25) is 0 Å². The minimum absolute atomic E-state index is 0.192. The standard InChI is InChI=1S/C21H26N4O/c22-16-9-21(10-16)12-20(13-21)7-15(8-20)19(26)23-11-17-6-18(25-24-17)14-4-2-1-3-5-14/h1-6,15-16H,7-13,22H2,(H,23,26)(H,24,25). The van der Waals surface area contributed by atoms with Crippen LogP contribution in [0.5, 0.6) is 0 Å². The van der Waals surface area contributed by atoms with Gasteiger partial charge in [-0.15, -0.1) is 0 Å². The van der Waals surface area contributed by atoms with Crippen molar-refractivity contribution in [1.29, 1.82) is 0 Å². The number of hydrogen-bond acceptors (Lipinski definition) is 3. The fourth-order valence-electron chi connectivity index (χ4n) is 5.88. The lowest BCUT2D eigenvalue weighted by atomic mass is 9.37. The van der Waals surface area contributed by atoms with Gasteiger partial charge in [0.15, 0.2) is 0 Å². The molecule has 0 saturated heterocycles. The summed E-state index contributed by atoms with van der Waals surface area (Å²) >= 11 is 0. The summed E-state index contributed by atoms with van der Waals surface area (Å²) in [5, 5.41) is 10.4. The van der Waals surface area contributed by atoms with E-state index < -0.39 is 0 Å². The minimum atomic E-state index is 0.192. The number of aromatic nitrogens is 2. The van der Waals surface area contributed by atoms with E-state index in [1.54, 1.807) is 0 Å². The first-order valence-corrected chi connectivity index (χ1v) is 9.68. The van der Waals surface area contributed by atoms with E-state index in [4.69, 9.17) is 5.73 Å². The predicted octanol–water partition coefficient (Wildman–Crippen LogP) is 2.99. The van der Waals surface area contributed by atoms with Crippen LogP contribution in [0, 0.1) is 16.7 Å². The number of carbonyl (C=O) groups is 1. The van der Waals surface area contributed by atoms with E-state index in [1.165, 1.54) is 25.7 Å². The summed E-state index contributed by atoms with van der Waals surface area (Å²) < 4.78 is 0. The molecule has 2 spiro atoms. The molecule has 1 aromatic carbocycles. The van der Waals surface area contributed by atoms with Gasteiger partial charge in [0, 0.05) is 17.5 Å². The van der Waals surface area contributed by atoms with Crippen LogP contribution in [0.4, 0.5) is 0 Å².